The van der Waals surface area contributed by atoms with Crippen LogP contribution in [0.5, 0.6) is 0 Å². The number of aliphatic hydroxyl groups excluding tert-OH is 1. The first kappa shape index (κ1) is 13.8. The fourth-order valence-corrected chi connectivity index (χ4v) is 2.12. The molecule has 2 nitrogen and oxygen atoms in total. The highest BCUT2D eigenvalue weighted by molar-refractivity contribution is 5.17. The van der Waals surface area contributed by atoms with E-state index in [0.29, 0.717) is 0 Å². The van der Waals surface area contributed by atoms with Crippen molar-refractivity contribution in [1.29, 1.82) is 0 Å². The molecule has 0 radical (unpaired) electrons. The molecule has 2 aromatic carbocycles. The van der Waals surface area contributed by atoms with Gasteiger partial charge in [0.25, 0.3) is 0 Å². The topological polar surface area (TPSA) is 23.5 Å². The van der Waals surface area contributed by atoms with Crippen LogP contribution in [0.25, 0.3) is 0 Å². The van der Waals surface area contributed by atoms with Crippen LogP contribution in [0, 0.1) is 0 Å². The summed E-state index contributed by atoms with van der Waals surface area (Å²) >= 11 is 0. The van der Waals surface area contributed by atoms with Crippen LogP contribution in [0.4, 0.5) is 0 Å². The van der Waals surface area contributed by atoms with E-state index in [0.717, 1.165) is 13.1 Å². The number of hydrogen-bond donors (Lipinski definition) is 1. The summed E-state index contributed by atoms with van der Waals surface area (Å²) in [4.78, 5) is 2.30. The highest BCUT2D eigenvalue weighted by Crippen LogP contribution is 2.13. The molecule has 0 saturated carbocycles. The maximum absolute atomic E-state index is 9.42. The van der Waals surface area contributed by atoms with Gasteiger partial charge in [0, 0.05) is 19.1 Å². The standard InChI is InChI=1S/C17H21NO/c1-15(14-19)18(12-16-8-4-2-5-9-16)13-17-10-6-3-7-11-17/h2-11,15,19H,12-14H2,1H3/t15-/m1/s1. The largest absolute Gasteiger partial charge is 0.395 e. The van der Waals surface area contributed by atoms with E-state index < -0.39 is 0 Å². The van der Waals surface area contributed by atoms with Crippen LogP contribution in [0.15, 0.2) is 60.7 Å². The van der Waals surface area contributed by atoms with E-state index in [1.54, 1.807) is 0 Å². The predicted octanol–water partition coefficient (Wildman–Crippen LogP) is 3.07. The van der Waals surface area contributed by atoms with E-state index in [9.17, 15) is 5.11 Å². The lowest BCUT2D eigenvalue weighted by Gasteiger charge is -2.28. The van der Waals surface area contributed by atoms with Crippen LogP contribution < -0.4 is 0 Å². The molecule has 1 atom stereocenters. The Labute approximate surface area is 115 Å². The van der Waals surface area contributed by atoms with Gasteiger partial charge in [0.15, 0.2) is 0 Å². The summed E-state index contributed by atoms with van der Waals surface area (Å²) < 4.78 is 0. The fraction of sp³-hybridized carbons (Fsp3) is 0.294. The monoisotopic (exact) mass is 255 g/mol. The van der Waals surface area contributed by atoms with E-state index in [-0.39, 0.29) is 12.6 Å². The van der Waals surface area contributed by atoms with E-state index in [1.807, 2.05) is 12.1 Å². The molecule has 0 fully saturated rings. The molecule has 2 aromatic rings. The third-order valence-electron chi connectivity index (χ3n) is 3.34. The van der Waals surface area contributed by atoms with Crippen molar-refractivity contribution in [2.75, 3.05) is 6.61 Å². The minimum Gasteiger partial charge on any atom is -0.395 e. The molecule has 0 aromatic heterocycles. The van der Waals surface area contributed by atoms with Crippen molar-refractivity contribution in [2.45, 2.75) is 26.1 Å². The van der Waals surface area contributed by atoms with Crippen LogP contribution in [0.3, 0.4) is 0 Å². The summed E-state index contributed by atoms with van der Waals surface area (Å²) in [6.07, 6.45) is 0. The summed E-state index contributed by atoms with van der Waals surface area (Å²) in [5.74, 6) is 0. The van der Waals surface area contributed by atoms with Gasteiger partial charge in [-0.25, -0.2) is 0 Å². The van der Waals surface area contributed by atoms with E-state index >= 15 is 0 Å². The average Bonchev–Trinajstić information content (AvgIpc) is 2.48. The predicted molar refractivity (Wildman–Crippen MR) is 78.7 cm³/mol. The summed E-state index contributed by atoms with van der Waals surface area (Å²) in [6, 6.07) is 20.9. The molecule has 0 aliphatic rings. The van der Waals surface area contributed by atoms with Crippen molar-refractivity contribution in [3.8, 4) is 0 Å². The maximum Gasteiger partial charge on any atom is 0.0584 e. The van der Waals surface area contributed by atoms with Crippen molar-refractivity contribution in [2.24, 2.45) is 0 Å². The Balaban J connectivity index is 2.08. The van der Waals surface area contributed by atoms with Crippen molar-refractivity contribution in [3.63, 3.8) is 0 Å². The molecule has 19 heavy (non-hydrogen) atoms. The third kappa shape index (κ3) is 4.19. The van der Waals surface area contributed by atoms with E-state index in [4.69, 9.17) is 0 Å². The lowest BCUT2D eigenvalue weighted by atomic mass is 10.1. The van der Waals surface area contributed by atoms with Crippen LogP contribution in [0.2, 0.25) is 0 Å². The van der Waals surface area contributed by atoms with Crippen LogP contribution in [-0.2, 0) is 13.1 Å². The van der Waals surface area contributed by atoms with Crippen LogP contribution in [0.1, 0.15) is 18.1 Å². The van der Waals surface area contributed by atoms with Crippen molar-refractivity contribution < 1.29 is 5.11 Å². The maximum atomic E-state index is 9.42. The van der Waals surface area contributed by atoms with Crippen molar-refractivity contribution in [1.82, 2.24) is 4.90 Å². The quantitative estimate of drug-likeness (QED) is 0.857. The van der Waals surface area contributed by atoms with Gasteiger partial charge in [-0.1, -0.05) is 60.7 Å². The highest BCUT2D eigenvalue weighted by atomic mass is 16.3. The molecule has 0 saturated heterocycles. The Morgan fingerprint density at radius 2 is 1.26 bits per heavy atom. The van der Waals surface area contributed by atoms with Gasteiger partial charge in [0.2, 0.25) is 0 Å². The summed E-state index contributed by atoms with van der Waals surface area (Å²) in [5.41, 5.74) is 2.55. The second-order valence-electron chi connectivity index (χ2n) is 4.91. The van der Waals surface area contributed by atoms with Crippen LogP contribution >= 0.6 is 0 Å². The molecule has 1 N–H and O–H groups in total. The SMILES string of the molecule is C[C@H](CO)N(Cc1ccccc1)Cc1ccccc1. The molecule has 0 heterocycles. The average molecular weight is 255 g/mol. The van der Waals surface area contributed by atoms with Gasteiger partial charge >= 0.3 is 0 Å². The fourth-order valence-electron chi connectivity index (χ4n) is 2.12. The van der Waals surface area contributed by atoms with Gasteiger partial charge in [-0.3, -0.25) is 4.90 Å². The number of nitrogens with zero attached hydrogens (tertiary/aromatic N) is 1. The highest BCUT2D eigenvalue weighted by Gasteiger charge is 2.13. The zero-order chi connectivity index (χ0) is 13.5. The minimum absolute atomic E-state index is 0.153. The third-order valence-corrected chi connectivity index (χ3v) is 3.34. The van der Waals surface area contributed by atoms with Crippen molar-refractivity contribution in [3.05, 3.63) is 71.8 Å². The summed E-state index contributed by atoms with van der Waals surface area (Å²) in [7, 11) is 0. The van der Waals surface area contributed by atoms with Crippen LogP contribution in [-0.4, -0.2) is 22.7 Å². The molecule has 2 heteroatoms. The molecule has 0 spiro atoms. The first-order valence-electron chi connectivity index (χ1n) is 6.72. The molecule has 0 aliphatic heterocycles. The van der Waals surface area contributed by atoms with Gasteiger partial charge < -0.3 is 5.11 Å². The summed E-state index contributed by atoms with van der Waals surface area (Å²) in [5, 5.41) is 9.42. The van der Waals surface area contributed by atoms with E-state index in [1.165, 1.54) is 11.1 Å². The smallest absolute Gasteiger partial charge is 0.0584 e. The van der Waals surface area contributed by atoms with Gasteiger partial charge in [-0.15, -0.1) is 0 Å². The van der Waals surface area contributed by atoms with E-state index in [2.05, 4.69) is 60.4 Å². The Morgan fingerprint density at radius 1 is 0.842 bits per heavy atom. The Bertz CT molecular complexity index is 428. The van der Waals surface area contributed by atoms with Gasteiger partial charge in [-0.05, 0) is 18.1 Å². The zero-order valence-electron chi connectivity index (χ0n) is 11.4. The molecule has 100 valence electrons. The molecule has 0 bridgehead atoms. The Hall–Kier alpha value is -1.64. The molecule has 0 aliphatic carbocycles. The molecule has 0 amide bonds. The molecular formula is C17H21NO. The Kier molecular flexibility index (Phi) is 5.13. The number of hydrogen-bond acceptors (Lipinski definition) is 2. The second-order valence-corrected chi connectivity index (χ2v) is 4.91. The number of benzene rings is 2. The molecule has 2 rings (SSSR count). The second kappa shape index (κ2) is 7.07. The van der Waals surface area contributed by atoms with Gasteiger partial charge in [-0.2, -0.15) is 0 Å². The van der Waals surface area contributed by atoms with Gasteiger partial charge in [0.1, 0.15) is 0 Å². The lowest BCUT2D eigenvalue weighted by Crippen LogP contribution is -2.34. The minimum atomic E-state index is 0.153. The first-order chi connectivity index (χ1) is 9.29. The lowest BCUT2D eigenvalue weighted by molar-refractivity contribution is 0.121. The van der Waals surface area contributed by atoms with Gasteiger partial charge in [0.05, 0.1) is 6.61 Å². The molecular weight excluding hydrogens is 234 g/mol. The number of rotatable bonds is 6. The van der Waals surface area contributed by atoms with Crippen molar-refractivity contribution >= 4 is 0 Å². The molecule has 0 unspecified atom stereocenters. The number of aliphatic hydroxyl groups is 1. The normalized spacial score (nSPS) is 12.6. The first-order valence-corrected chi connectivity index (χ1v) is 6.72. The Morgan fingerprint density at radius 3 is 1.63 bits per heavy atom. The zero-order valence-corrected chi connectivity index (χ0v) is 11.4. The summed E-state index contributed by atoms with van der Waals surface area (Å²) in [6.45, 7) is 3.96.